The van der Waals surface area contributed by atoms with Gasteiger partial charge in [-0.1, -0.05) is 18.2 Å². The fourth-order valence-electron chi connectivity index (χ4n) is 3.45. The standard InChI is InChI=1S/C24H27N3O5S/c1-17(13-21-5-4-12-33-21)26(15-18-6-8-19(31-2)9-7-18)16-24(28)25-22-11-10-20(32-3)14-23(22)27(29)30/h4-12,14,17H,13,15-16H2,1-3H3,(H,25,28). The number of hydrogen-bond acceptors (Lipinski definition) is 7. The van der Waals surface area contributed by atoms with E-state index in [0.29, 0.717) is 12.3 Å². The summed E-state index contributed by atoms with van der Waals surface area (Å²) in [6, 6.07) is 16.2. The quantitative estimate of drug-likeness (QED) is 0.322. The molecule has 0 radical (unpaired) electrons. The monoisotopic (exact) mass is 469 g/mol. The summed E-state index contributed by atoms with van der Waals surface area (Å²) in [7, 11) is 3.05. The largest absolute Gasteiger partial charge is 0.497 e. The van der Waals surface area contributed by atoms with Gasteiger partial charge in [0, 0.05) is 17.5 Å². The van der Waals surface area contributed by atoms with Crippen LogP contribution in [0.15, 0.2) is 60.0 Å². The lowest BCUT2D eigenvalue weighted by Crippen LogP contribution is -2.40. The van der Waals surface area contributed by atoms with Gasteiger partial charge in [-0.2, -0.15) is 0 Å². The van der Waals surface area contributed by atoms with Crippen molar-refractivity contribution in [3.05, 3.63) is 80.5 Å². The van der Waals surface area contributed by atoms with Crippen LogP contribution in [0.2, 0.25) is 0 Å². The van der Waals surface area contributed by atoms with Gasteiger partial charge in [0.25, 0.3) is 5.69 Å². The second-order valence-corrected chi connectivity index (χ2v) is 8.61. The van der Waals surface area contributed by atoms with Gasteiger partial charge >= 0.3 is 0 Å². The molecule has 3 rings (SSSR count). The Morgan fingerprint density at radius 2 is 1.82 bits per heavy atom. The maximum absolute atomic E-state index is 12.9. The van der Waals surface area contributed by atoms with Crippen LogP contribution in [0.4, 0.5) is 11.4 Å². The molecule has 0 saturated carbocycles. The fraction of sp³-hybridized carbons (Fsp3) is 0.292. The molecule has 3 aromatic rings. The van der Waals surface area contributed by atoms with Crippen LogP contribution in [0, 0.1) is 10.1 Å². The third-order valence-electron chi connectivity index (χ3n) is 5.27. The first-order chi connectivity index (χ1) is 15.9. The molecule has 1 atom stereocenters. The molecule has 0 bridgehead atoms. The van der Waals surface area contributed by atoms with E-state index in [-0.39, 0.29) is 29.9 Å². The Hall–Kier alpha value is -3.43. The molecule has 0 aliphatic heterocycles. The van der Waals surface area contributed by atoms with Gasteiger partial charge < -0.3 is 14.8 Å². The molecule has 0 aliphatic carbocycles. The van der Waals surface area contributed by atoms with Crippen LogP contribution in [0.3, 0.4) is 0 Å². The second kappa shape index (κ2) is 11.4. The van der Waals surface area contributed by atoms with Gasteiger partial charge in [-0.05, 0) is 54.6 Å². The SMILES string of the molecule is COc1ccc(CN(CC(=O)Nc2ccc(OC)cc2[N+](=O)[O-])C(C)Cc2cccs2)cc1. The summed E-state index contributed by atoms with van der Waals surface area (Å²) in [5, 5.41) is 16.2. The lowest BCUT2D eigenvalue weighted by molar-refractivity contribution is -0.384. The second-order valence-electron chi connectivity index (χ2n) is 7.57. The predicted molar refractivity (Wildman–Crippen MR) is 129 cm³/mol. The number of carbonyl (C=O) groups excluding carboxylic acids is 1. The van der Waals surface area contributed by atoms with E-state index in [0.717, 1.165) is 17.7 Å². The molecule has 9 heteroatoms. The lowest BCUT2D eigenvalue weighted by Gasteiger charge is -2.28. The van der Waals surface area contributed by atoms with Gasteiger partial charge in [0.15, 0.2) is 0 Å². The summed E-state index contributed by atoms with van der Waals surface area (Å²) in [6.45, 7) is 2.71. The lowest BCUT2D eigenvalue weighted by atomic mass is 10.1. The van der Waals surface area contributed by atoms with Crippen LogP contribution in [0.5, 0.6) is 11.5 Å². The summed E-state index contributed by atoms with van der Waals surface area (Å²) in [5.41, 5.74) is 0.967. The summed E-state index contributed by atoms with van der Waals surface area (Å²) in [4.78, 5) is 27.1. The molecular weight excluding hydrogens is 442 g/mol. The van der Waals surface area contributed by atoms with Crippen molar-refractivity contribution in [2.75, 3.05) is 26.1 Å². The number of nitrogens with one attached hydrogen (secondary N) is 1. The summed E-state index contributed by atoms with van der Waals surface area (Å²) >= 11 is 1.68. The van der Waals surface area contributed by atoms with Crippen LogP contribution < -0.4 is 14.8 Å². The van der Waals surface area contributed by atoms with E-state index in [2.05, 4.69) is 23.2 Å². The summed E-state index contributed by atoms with van der Waals surface area (Å²) in [5.74, 6) is 0.793. The molecule has 0 spiro atoms. The Bertz CT molecular complexity index is 1070. The topological polar surface area (TPSA) is 93.9 Å². The molecule has 33 heavy (non-hydrogen) atoms. The molecular formula is C24H27N3O5S. The zero-order chi connectivity index (χ0) is 23.8. The number of benzene rings is 2. The maximum atomic E-state index is 12.9. The van der Waals surface area contributed by atoms with Crippen LogP contribution in [-0.2, 0) is 17.8 Å². The van der Waals surface area contributed by atoms with Gasteiger partial charge in [0.1, 0.15) is 17.2 Å². The number of rotatable bonds is 11. The number of nitrogens with zero attached hydrogens (tertiary/aromatic N) is 2. The van der Waals surface area contributed by atoms with Gasteiger partial charge in [0.05, 0.1) is 31.8 Å². The highest BCUT2D eigenvalue weighted by Gasteiger charge is 2.22. The average Bonchev–Trinajstić information content (AvgIpc) is 3.32. The molecule has 174 valence electrons. The summed E-state index contributed by atoms with van der Waals surface area (Å²) in [6.07, 6.45) is 0.795. The van der Waals surface area contributed by atoms with E-state index in [1.165, 1.54) is 24.1 Å². The average molecular weight is 470 g/mol. The van der Waals surface area contributed by atoms with Gasteiger partial charge in [0.2, 0.25) is 5.91 Å². The minimum Gasteiger partial charge on any atom is -0.497 e. The van der Waals surface area contributed by atoms with Crippen molar-refractivity contribution >= 4 is 28.6 Å². The molecule has 8 nitrogen and oxygen atoms in total. The van der Waals surface area contributed by atoms with Crippen molar-refractivity contribution < 1.29 is 19.2 Å². The van der Waals surface area contributed by atoms with Crippen molar-refractivity contribution in [1.29, 1.82) is 0 Å². The van der Waals surface area contributed by atoms with Crippen molar-refractivity contribution in [1.82, 2.24) is 4.90 Å². The number of thiophene rings is 1. The number of nitro benzene ring substituents is 1. The Morgan fingerprint density at radius 1 is 1.12 bits per heavy atom. The molecule has 1 unspecified atom stereocenters. The van der Waals surface area contributed by atoms with Crippen LogP contribution in [0.1, 0.15) is 17.4 Å². The van der Waals surface area contributed by atoms with Gasteiger partial charge in [-0.3, -0.25) is 19.8 Å². The molecule has 1 N–H and O–H groups in total. The number of hydrogen-bond donors (Lipinski definition) is 1. The third kappa shape index (κ3) is 6.77. The first-order valence-electron chi connectivity index (χ1n) is 10.4. The van der Waals surface area contributed by atoms with E-state index in [1.807, 2.05) is 35.7 Å². The van der Waals surface area contributed by atoms with E-state index in [9.17, 15) is 14.9 Å². The van der Waals surface area contributed by atoms with E-state index < -0.39 is 4.92 Å². The van der Waals surface area contributed by atoms with Crippen molar-refractivity contribution in [2.24, 2.45) is 0 Å². The highest BCUT2D eigenvalue weighted by molar-refractivity contribution is 7.09. The molecule has 0 saturated heterocycles. The van der Waals surface area contributed by atoms with E-state index >= 15 is 0 Å². The molecule has 1 amide bonds. The van der Waals surface area contributed by atoms with Crippen molar-refractivity contribution in [3.63, 3.8) is 0 Å². The van der Waals surface area contributed by atoms with Crippen LogP contribution >= 0.6 is 11.3 Å². The molecule has 2 aromatic carbocycles. The molecule has 0 aliphatic rings. The van der Waals surface area contributed by atoms with E-state index in [4.69, 9.17) is 9.47 Å². The highest BCUT2D eigenvalue weighted by Crippen LogP contribution is 2.29. The minimum atomic E-state index is -0.535. The van der Waals surface area contributed by atoms with Gasteiger partial charge in [-0.25, -0.2) is 0 Å². The van der Waals surface area contributed by atoms with Crippen LogP contribution in [0.25, 0.3) is 0 Å². The molecule has 1 aromatic heterocycles. The number of carbonyl (C=O) groups is 1. The first-order valence-corrected chi connectivity index (χ1v) is 11.3. The zero-order valence-electron chi connectivity index (χ0n) is 18.8. The highest BCUT2D eigenvalue weighted by atomic mass is 32.1. The number of methoxy groups -OCH3 is 2. The number of anilines is 1. The summed E-state index contributed by atoms with van der Waals surface area (Å²) < 4.78 is 10.3. The Kier molecular flexibility index (Phi) is 8.39. The Balaban J connectivity index is 1.76. The van der Waals surface area contributed by atoms with E-state index in [1.54, 1.807) is 24.5 Å². The smallest absolute Gasteiger partial charge is 0.296 e. The predicted octanol–water partition coefficient (Wildman–Crippen LogP) is 4.75. The first kappa shape index (κ1) is 24.2. The third-order valence-corrected chi connectivity index (χ3v) is 6.17. The Labute approximate surface area is 196 Å². The number of ether oxygens (including phenoxy) is 2. The van der Waals surface area contributed by atoms with Crippen LogP contribution in [-0.4, -0.2) is 42.5 Å². The minimum absolute atomic E-state index is 0.0716. The Morgan fingerprint density at radius 3 is 2.42 bits per heavy atom. The zero-order valence-corrected chi connectivity index (χ0v) is 19.6. The van der Waals surface area contributed by atoms with Crippen molar-refractivity contribution in [2.45, 2.75) is 25.9 Å². The number of nitro groups is 1. The number of amides is 1. The van der Waals surface area contributed by atoms with Gasteiger partial charge in [-0.15, -0.1) is 11.3 Å². The molecule has 1 heterocycles. The normalized spacial score (nSPS) is 11.8. The van der Waals surface area contributed by atoms with Crippen molar-refractivity contribution in [3.8, 4) is 11.5 Å². The fourth-order valence-corrected chi connectivity index (χ4v) is 4.28. The maximum Gasteiger partial charge on any atom is 0.296 e. The molecule has 0 fully saturated rings.